The first kappa shape index (κ1) is 16.0. The van der Waals surface area contributed by atoms with Crippen LogP contribution < -0.4 is 0 Å². The number of aliphatic hydroxyl groups excluding tert-OH is 1. The molecule has 3 aromatic rings. The average Bonchev–Trinajstić information content (AvgIpc) is 3.21. The third kappa shape index (κ3) is 3.19. The van der Waals surface area contributed by atoms with Gasteiger partial charge in [0, 0.05) is 24.4 Å². The maximum Gasteiger partial charge on any atom is 0.204 e. The predicted octanol–water partition coefficient (Wildman–Crippen LogP) is 3.09. The van der Waals surface area contributed by atoms with Crippen LogP contribution in [0.1, 0.15) is 61.7 Å². The molecule has 3 heterocycles. The van der Waals surface area contributed by atoms with Gasteiger partial charge in [0.05, 0.1) is 12.2 Å². The minimum absolute atomic E-state index is 0.410. The van der Waals surface area contributed by atoms with E-state index in [-0.39, 0.29) is 0 Å². The number of rotatable bonds is 6. The molecule has 130 valence electrons. The molecule has 7 heteroatoms. The van der Waals surface area contributed by atoms with Crippen molar-refractivity contribution in [3.8, 4) is 11.6 Å². The standard InChI is InChI=1S/C18H21N5O2/c1-2-15(24)17-20-18(16-10-14(22-25-16)13-4-3-5-13)23(21-17)11-12-6-8-19-9-7-12/h6-10,13,15,24H,2-5,11H2,1H3. The van der Waals surface area contributed by atoms with Crippen LogP contribution in [0.4, 0.5) is 0 Å². The summed E-state index contributed by atoms with van der Waals surface area (Å²) < 4.78 is 7.30. The fraction of sp³-hybridized carbons (Fsp3) is 0.444. The van der Waals surface area contributed by atoms with Crippen molar-refractivity contribution in [2.75, 3.05) is 0 Å². The monoisotopic (exact) mass is 339 g/mol. The summed E-state index contributed by atoms with van der Waals surface area (Å²) in [5, 5.41) is 18.8. The zero-order chi connectivity index (χ0) is 17.2. The van der Waals surface area contributed by atoms with E-state index in [1.807, 2.05) is 25.1 Å². The van der Waals surface area contributed by atoms with Crippen LogP contribution in [0, 0.1) is 0 Å². The molecule has 1 N–H and O–H groups in total. The lowest BCUT2D eigenvalue weighted by atomic mass is 9.83. The van der Waals surface area contributed by atoms with Gasteiger partial charge in [0.15, 0.2) is 11.6 Å². The van der Waals surface area contributed by atoms with E-state index in [0.717, 1.165) is 24.1 Å². The number of aliphatic hydroxyl groups is 1. The molecular formula is C18H21N5O2. The van der Waals surface area contributed by atoms with Crippen LogP contribution in [-0.4, -0.2) is 30.0 Å². The van der Waals surface area contributed by atoms with E-state index < -0.39 is 6.10 Å². The van der Waals surface area contributed by atoms with E-state index in [0.29, 0.717) is 36.3 Å². The minimum Gasteiger partial charge on any atom is -0.385 e. The van der Waals surface area contributed by atoms with Crippen LogP contribution in [0.2, 0.25) is 0 Å². The molecule has 1 atom stereocenters. The van der Waals surface area contributed by atoms with Crippen molar-refractivity contribution >= 4 is 0 Å². The third-order valence-corrected chi connectivity index (χ3v) is 4.73. The highest BCUT2D eigenvalue weighted by atomic mass is 16.5. The van der Waals surface area contributed by atoms with Crippen molar-refractivity contribution < 1.29 is 9.63 Å². The molecule has 0 radical (unpaired) electrons. The molecule has 25 heavy (non-hydrogen) atoms. The normalized spacial score (nSPS) is 15.9. The zero-order valence-corrected chi connectivity index (χ0v) is 14.2. The van der Waals surface area contributed by atoms with Crippen LogP contribution >= 0.6 is 0 Å². The summed E-state index contributed by atoms with van der Waals surface area (Å²) in [6, 6.07) is 5.82. The maximum absolute atomic E-state index is 10.1. The number of nitrogens with zero attached hydrogens (tertiary/aromatic N) is 5. The Morgan fingerprint density at radius 1 is 1.32 bits per heavy atom. The van der Waals surface area contributed by atoms with E-state index in [1.165, 1.54) is 6.42 Å². The smallest absolute Gasteiger partial charge is 0.204 e. The molecule has 0 bridgehead atoms. The molecule has 3 aromatic heterocycles. The molecule has 7 nitrogen and oxygen atoms in total. The van der Waals surface area contributed by atoms with Gasteiger partial charge >= 0.3 is 0 Å². The van der Waals surface area contributed by atoms with Gasteiger partial charge < -0.3 is 9.63 Å². The third-order valence-electron chi connectivity index (χ3n) is 4.73. The summed E-state index contributed by atoms with van der Waals surface area (Å²) in [7, 11) is 0. The van der Waals surface area contributed by atoms with Crippen molar-refractivity contribution in [3.05, 3.63) is 47.7 Å². The first-order valence-corrected chi connectivity index (χ1v) is 8.73. The Hall–Kier alpha value is -2.54. The number of hydrogen-bond acceptors (Lipinski definition) is 6. The fourth-order valence-corrected chi connectivity index (χ4v) is 2.93. The predicted molar refractivity (Wildman–Crippen MR) is 90.7 cm³/mol. The van der Waals surface area contributed by atoms with Gasteiger partial charge in [0.1, 0.15) is 6.10 Å². The average molecular weight is 339 g/mol. The molecule has 0 aromatic carbocycles. The van der Waals surface area contributed by atoms with Gasteiger partial charge in [0.2, 0.25) is 5.76 Å². The summed E-state index contributed by atoms with van der Waals surface area (Å²) in [4.78, 5) is 8.56. The first-order valence-electron chi connectivity index (χ1n) is 8.73. The lowest BCUT2D eigenvalue weighted by molar-refractivity contribution is 0.163. The Bertz CT molecular complexity index is 838. The van der Waals surface area contributed by atoms with Crippen LogP contribution in [0.3, 0.4) is 0 Å². The van der Waals surface area contributed by atoms with E-state index in [2.05, 4.69) is 20.2 Å². The highest BCUT2D eigenvalue weighted by molar-refractivity contribution is 5.48. The zero-order valence-electron chi connectivity index (χ0n) is 14.2. The lowest BCUT2D eigenvalue weighted by Gasteiger charge is -2.22. The summed E-state index contributed by atoms with van der Waals surface area (Å²) in [5.41, 5.74) is 2.04. The molecular weight excluding hydrogens is 318 g/mol. The van der Waals surface area contributed by atoms with Gasteiger partial charge in [-0.25, -0.2) is 9.67 Å². The number of hydrogen-bond donors (Lipinski definition) is 1. The van der Waals surface area contributed by atoms with Crippen molar-refractivity contribution in [2.45, 2.75) is 51.2 Å². The Morgan fingerprint density at radius 3 is 2.80 bits per heavy atom. The van der Waals surface area contributed by atoms with Gasteiger partial charge in [-0.2, -0.15) is 5.10 Å². The van der Waals surface area contributed by atoms with E-state index in [9.17, 15) is 5.11 Å². The van der Waals surface area contributed by atoms with Gasteiger partial charge in [-0.05, 0) is 37.0 Å². The Morgan fingerprint density at radius 2 is 2.12 bits per heavy atom. The SMILES string of the molecule is CCC(O)c1nc(-c2cc(C3CCC3)no2)n(Cc2ccncc2)n1. The number of aromatic nitrogens is 5. The van der Waals surface area contributed by atoms with Gasteiger partial charge in [0.25, 0.3) is 0 Å². The van der Waals surface area contributed by atoms with Gasteiger partial charge in [-0.15, -0.1) is 0 Å². The molecule has 0 spiro atoms. The second-order valence-corrected chi connectivity index (χ2v) is 6.47. The van der Waals surface area contributed by atoms with Crippen molar-refractivity contribution in [1.82, 2.24) is 24.9 Å². The lowest BCUT2D eigenvalue weighted by Crippen LogP contribution is -2.08. The Labute approximate surface area is 145 Å². The van der Waals surface area contributed by atoms with E-state index >= 15 is 0 Å². The summed E-state index contributed by atoms with van der Waals surface area (Å²) >= 11 is 0. The molecule has 1 aliphatic rings. The molecule has 1 aliphatic carbocycles. The van der Waals surface area contributed by atoms with Crippen molar-refractivity contribution in [3.63, 3.8) is 0 Å². The van der Waals surface area contributed by atoms with E-state index in [4.69, 9.17) is 4.52 Å². The Kier molecular flexibility index (Phi) is 4.31. The number of pyridine rings is 1. The largest absolute Gasteiger partial charge is 0.385 e. The van der Waals surface area contributed by atoms with Crippen LogP contribution in [0.5, 0.6) is 0 Å². The van der Waals surface area contributed by atoms with E-state index in [1.54, 1.807) is 17.1 Å². The maximum atomic E-state index is 10.1. The topological polar surface area (TPSA) is 89.9 Å². The summed E-state index contributed by atoms with van der Waals surface area (Å²) in [5.74, 6) is 2.10. The van der Waals surface area contributed by atoms with Crippen molar-refractivity contribution in [1.29, 1.82) is 0 Å². The molecule has 0 saturated heterocycles. The molecule has 1 saturated carbocycles. The molecule has 1 fully saturated rings. The molecule has 0 amide bonds. The fourth-order valence-electron chi connectivity index (χ4n) is 2.93. The quantitative estimate of drug-likeness (QED) is 0.742. The highest BCUT2D eigenvalue weighted by Gasteiger charge is 2.25. The first-order chi connectivity index (χ1) is 12.2. The van der Waals surface area contributed by atoms with Crippen molar-refractivity contribution in [2.24, 2.45) is 0 Å². The molecule has 4 rings (SSSR count). The summed E-state index contributed by atoms with van der Waals surface area (Å²) in [6.07, 6.45) is 6.94. The van der Waals surface area contributed by atoms with Gasteiger partial charge in [-0.3, -0.25) is 4.98 Å². The molecule has 1 unspecified atom stereocenters. The van der Waals surface area contributed by atoms with Gasteiger partial charge in [-0.1, -0.05) is 18.5 Å². The Balaban J connectivity index is 1.69. The minimum atomic E-state index is -0.688. The second kappa shape index (κ2) is 6.76. The summed E-state index contributed by atoms with van der Waals surface area (Å²) in [6.45, 7) is 2.43. The molecule has 0 aliphatic heterocycles. The second-order valence-electron chi connectivity index (χ2n) is 6.47. The highest BCUT2D eigenvalue weighted by Crippen LogP contribution is 2.37. The van der Waals surface area contributed by atoms with Crippen LogP contribution in [-0.2, 0) is 6.54 Å². The van der Waals surface area contributed by atoms with Crippen LogP contribution in [0.15, 0.2) is 35.1 Å². The van der Waals surface area contributed by atoms with Crippen LogP contribution in [0.25, 0.3) is 11.6 Å².